The van der Waals surface area contributed by atoms with Gasteiger partial charge in [-0.1, -0.05) is 30.3 Å². The Hall–Kier alpha value is -3.10. The topological polar surface area (TPSA) is 62.1 Å². The van der Waals surface area contributed by atoms with Gasteiger partial charge in [0, 0.05) is 4.88 Å². The van der Waals surface area contributed by atoms with E-state index in [0.29, 0.717) is 11.3 Å². The third-order valence-corrected chi connectivity index (χ3v) is 4.97. The Kier molecular flexibility index (Phi) is 5.67. The minimum absolute atomic E-state index is 0.0219. The normalized spacial score (nSPS) is 11.4. The third-order valence-electron chi connectivity index (χ3n) is 3.92. The number of benzene rings is 2. The molecule has 4 nitrogen and oxygen atoms in total. The van der Waals surface area contributed by atoms with Gasteiger partial charge < -0.3 is 10.1 Å². The van der Waals surface area contributed by atoms with E-state index < -0.39 is 0 Å². The molecule has 1 aromatic heterocycles. The number of hydrogen-bond acceptors (Lipinski definition) is 4. The molecule has 3 aromatic rings. The summed E-state index contributed by atoms with van der Waals surface area (Å²) >= 11 is 1.62. The summed E-state index contributed by atoms with van der Waals surface area (Å²) in [6.45, 7) is 1.93. The van der Waals surface area contributed by atoms with E-state index in [9.17, 15) is 4.79 Å². The number of nitrogens with zero attached hydrogens (tertiary/aromatic N) is 1. The average Bonchev–Trinajstić information content (AvgIpc) is 3.22. The van der Waals surface area contributed by atoms with Crippen molar-refractivity contribution in [2.45, 2.75) is 13.0 Å². The molecule has 0 fully saturated rings. The van der Waals surface area contributed by atoms with Crippen LogP contribution in [-0.4, -0.2) is 12.5 Å². The predicted octanol–water partition coefficient (Wildman–Crippen LogP) is 4.54. The van der Waals surface area contributed by atoms with E-state index in [1.54, 1.807) is 23.5 Å². The standard InChI is InChI=1S/C21H18N2O2S/c1-15(20-3-2-12-26-20)23-21(24)14-25-19-10-8-18(9-11-19)17-6-4-16(13-22)5-7-17/h2-12,15H,14H2,1H3,(H,23,24). The second-order valence-electron chi connectivity index (χ2n) is 5.81. The lowest BCUT2D eigenvalue weighted by Gasteiger charge is -2.13. The maximum absolute atomic E-state index is 12.0. The van der Waals surface area contributed by atoms with E-state index in [-0.39, 0.29) is 18.6 Å². The number of carbonyl (C=O) groups excluding carboxylic acids is 1. The highest BCUT2D eigenvalue weighted by Gasteiger charge is 2.10. The first-order valence-corrected chi connectivity index (χ1v) is 9.10. The van der Waals surface area contributed by atoms with Crippen LogP contribution in [0.2, 0.25) is 0 Å². The van der Waals surface area contributed by atoms with Crippen LogP contribution >= 0.6 is 11.3 Å². The molecule has 0 saturated carbocycles. The van der Waals surface area contributed by atoms with Crippen molar-refractivity contribution in [2.24, 2.45) is 0 Å². The Morgan fingerprint density at radius 1 is 1.12 bits per heavy atom. The molecule has 2 aromatic carbocycles. The molecule has 1 atom stereocenters. The van der Waals surface area contributed by atoms with Crippen LogP contribution in [0.4, 0.5) is 0 Å². The molecule has 130 valence electrons. The van der Waals surface area contributed by atoms with Gasteiger partial charge in [0.05, 0.1) is 17.7 Å². The van der Waals surface area contributed by atoms with Gasteiger partial charge in [-0.15, -0.1) is 11.3 Å². The van der Waals surface area contributed by atoms with Gasteiger partial charge in [-0.2, -0.15) is 5.26 Å². The lowest BCUT2D eigenvalue weighted by Crippen LogP contribution is -2.30. The molecule has 1 heterocycles. The summed E-state index contributed by atoms with van der Waals surface area (Å²) in [6, 6.07) is 21.0. The van der Waals surface area contributed by atoms with Crippen LogP contribution in [-0.2, 0) is 4.79 Å². The van der Waals surface area contributed by atoms with E-state index in [2.05, 4.69) is 11.4 Å². The summed E-state index contributed by atoms with van der Waals surface area (Å²) in [7, 11) is 0. The second-order valence-corrected chi connectivity index (χ2v) is 6.79. The number of amides is 1. The minimum atomic E-state index is -0.151. The Labute approximate surface area is 156 Å². The molecule has 0 aliphatic rings. The molecule has 5 heteroatoms. The lowest BCUT2D eigenvalue weighted by molar-refractivity contribution is -0.123. The lowest BCUT2D eigenvalue weighted by atomic mass is 10.0. The molecule has 1 amide bonds. The van der Waals surface area contributed by atoms with E-state index in [1.807, 2.05) is 60.8 Å². The summed E-state index contributed by atoms with van der Waals surface area (Å²) < 4.78 is 5.56. The van der Waals surface area contributed by atoms with Crippen molar-refractivity contribution >= 4 is 17.2 Å². The largest absolute Gasteiger partial charge is 0.484 e. The monoisotopic (exact) mass is 362 g/mol. The minimum Gasteiger partial charge on any atom is -0.484 e. The highest BCUT2D eigenvalue weighted by molar-refractivity contribution is 7.10. The number of nitrogens with one attached hydrogen (secondary N) is 1. The van der Waals surface area contributed by atoms with Crippen molar-refractivity contribution in [3.05, 3.63) is 76.5 Å². The van der Waals surface area contributed by atoms with Gasteiger partial charge in [0.1, 0.15) is 5.75 Å². The van der Waals surface area contributed by atoms with E-state index in [0.717, 1.165) is 16.0 Å². The molecule has 0 saturated heterocycles. The Morgan fingerprint density at radius 3 is 2.35 bits per heavy atom. The Balaban J connectivity index is 1.54. The van der Waals surface area contributed by atoms with Crippen molar-refractivity contribution in [3.8, 4) is 22.9 Å². The summed E-state index contributed by atoms with van der Waals surface area (Å²) in [6.07, 6.45) is 0. The van der Waals surface area contributed by atoms with Gasteiger partial charge in [0.2, 0.25) is 0 Å². The van der Waals surface area contributed by atoms with E-state index in [1.165, 1.54) is 0 Å². The number of carbonyl (C=O) groups is 1. The van der Waals surface area contributed by atoms with Crippen LogP contribution in [0, 0.1) is 11.3 Å². The van der Waals surface area contributed by atoms with Crippen LogP contribution in [0.15, 0.2) is 66.0 Å². The van der Waals surface area contributed by atoms with Gasteiger partial charge in [0.15, 0.2) is 6.61 Å². The third kappa shape index (κ3) is 4.50. The summed E-state index contributed by atoms with van der Waals surface area (Å²) in [5, 5.41) is 13.8. The van der Waals surface area contributed by atoms with Gasteiger partial charge in [0.25, 0.3) is 5.91 Å². The highest BCUT2D eigenvalue weighted by atomic mass is 32.1. The molecule has 0 radical (unpaired) electrons. The molecule has 0 spiro atoms. The number of rotatable bonds is 6. The molecule has 26 heavy (non-hydrogen) atoms. The number of hydrogen-bond donors (Lipinski definition) is 1. The quantitative estimate of drug-likeness (QED) is 0.700. The van der Waals surface area contributed by atoms with Crippen molar-refractivity contribution in [1.29, 1.82) is 5.26 Å². The van der Waals surface area contributed by atoms with Gasteiger partial charge >= 0.3 is 0 Å². The molecular formula is C21H18N2O2S. The first kappa shape index (κ1) is 17.7. The Bertz CT molecular complexity index is 895. The summed E-state index contributed by atoms with van der Waals surface area (Å²) in [5.74, 6) is 0.489. The molecule has 0 aliphatic heterocycles. The van der Waals surface area contributed by atoms with E-state index >= 15 is 0 Å². The summed E-state index contributed by atoms with van der Waals surface area (Å²) in [4.78, 5) is 13.1. The maximum Gasteiger partial charge on any atom is 0.258 e. The maximum atomic E-state index is 12.0. The van der Waals surface area contributed by atoms with Crippen LogP contribution in [0.5, 0.6) is 5.75 Å². The second kappa shape index (κ2) is 8.32. The zero-order chi connectivity index (χ0) is 18.4. The molecule has 0 aliphatic carbocycles. The predicted molar refractivity (Wildman–Crippen MR) is 103 cm³/mol. The van der Waals surface area contributed by atoms with Crippen molar-refractivity contribution in [3.63, 3.8) is 0 Å². The average molecular weight is 362 g/mol. The van der Waals surface area contributed by atoms with E-state index in [4.69, 9.17) is 10.00 Å². The van der Waals surface area contributed by atoms with Crippen molar-refractivity contribution < 1.29 is 9.53 Å². The van der Waals surface area contributed by atoms with Gasteiger partial charge in [-0.3, -0.25) is 4.79 Å². The fourth-order valence-corrected chi connectivity index (χ4v) is 3.26. The molecular weight excluding hydrogens is 344 g/mol. The first-order valence-electron chi connectivity index (χ1n) is 8.22. The number of thiophene rings is 1. The number of nitriles is 1. The zero-order valence-corrected chi connectivity index (χ0v) is 15.1. The molecule has 3 rings (SSSR count). The molecule has 1 N–H and O–H groups in total. The smallest absolute Gasteiger partial charge is 0.258 e. The van der Waals surface area contributed by atoms with Crippen LogP contribution < -0.4 is 10.1 Å². The zero-order valence-electron chi connectivity index (χ0n) is 14.3. The van der Waals surface area contributed by atoms with Crippen LogP contribution in [0.25, 0.3) is 11.1 Å². The fourth-order valence-electron chi connectivity index (χ4n) is 2.52. The fraction of sp³-hybridized carbons (Fsp3) is 0.143. The summed E-state index contributed by atoms with van der Waals surface area (Å²) in [5.41, 5.74) is 2.69. The highest BCUT2D eigenvalue weighted by Crippen LogP contribution is 2.23. The van der Waals surface area contributed by atoms with Gasteiger partial charge in [-0.25, -0.2) is 0 Å². The van der Waals surface area contributed by atoms with Crippen molar-refractivity contribution in [1.82, 2.24) is 5.32 Å². The molecule has 1 unspecified atom stereocenters. The first-order chi connectivity index (χ1) is 12.7. The van der Waals surface area contributed by atoms with Crippen molar-refractivity contribution in [2.75, 3.05) is 6.61 Å². The number of ether oxygens (including phenoxy) is 1. The Morgan fingerprint density at radius 2 is 1.77 bits per heavy atom. The SMILES string of the molecule is CC(NC(=O)COc1ccc(-c2ccc(C#N)cc2)cc1)c1cccs1. The van der Waals surface area contributed by atoms with Crippen LogP contribution in [0.1, 0.15) is 23.4 Å². The van der Waals surface area contributed by atoms with Crippen LogP contribution in [0.3, 0.4) is 0 Å². The van der Waals surface area contributed by atoms with Gasteiger partial charge in [-0.05, 0) is 53.8 Å². The molecule has 0 bridgehead atoms.